The molecule has 1 aromatic carbocycles. The maximum absolute atomic E-state index is 11.0. The molecule has 0 atom stereocenters. The van der Waals surface area contributed by atoms with Crippen LogP contribution in [0.1, 0.15) is 33.1 Å². The minimum absolute atomic E-state index is 0.0389. The number of benzene rings is 1. The molecule has 1 N–H and O–H groups in total. The first kappa shape index (κ1) is 16.0. The summed E-state index contributed by atoms with van der Waals surface area (Å²) in [7, 11) is 1.82. The molecule has 22 heavy (non-hydrogen) atoms. The molecule has 0 spiro atoms. The van der Waals surface area contributed by atoms with Gasteiger partial charge in [0.1, 0.15) is 17.9 Å². The van der Waals surface area contributed by atoms with Crippen LogP contribution in [0.15, 0.2) is 18.2 Å². The van der Waals surface area contributed by atoms with Crippen molar-refractivity contribution in [1.29, 1.82) is 0 Å². The molecule has 2 rings (SSSR count). The Morgan fingerprint density at radius 3 is 2.68 bits per heavy atom. The highest BCUT2D eigenvalue weighted by molar-refractivity contribution is 5.77. The van der Waals surface area contributed by atoms with E-state index in [1.54, 1.807) is 4.90 Å². The fraction of sp³-hybridized carbons (Fsp3) is 0.375. The molecule has 6 nitrogen and oxygen atoms in total. The largest absolute Gasteiger partial charge is 0.395 e. The molecular weight excluding hydrogens is 280 g/mol. The maximum Gasteiger partial charge on any atom is 0.228 e. The predicted molar refractivity (Wildman–Crippen MR) is 84.3 cm³/mol. The van der Waals surface area contributed by atoms with Crippen LogP contribution < -0.4 is 4.90 Å². The highest BCUT2D eigenvalue weighted by Crippen LogP contribution is 2.13. The lowest BCUT2D eigenvalue weighted by Crippen LogP contribution is -2.24. The highest BCUT2D eigenvalue weighted by atomic mass is 16.3. The monoisotopic (exact) mass is 300 g/mol. The molecule has 0 bridgehead atoms. The van der Waals surface area contributed by atoms with Crippen LogP contribution in [0, 0.1) is 13.8 Å². The first-order chi connectivity index (χ1) is 10.5. The second kappa shape index (κ2) is 7.09. The lowest BCUT2D eigenvalue weighted by molar-refractivity contribution is 0.112. The molecule has 0 unspecified atom stereocenters. The van der Waals surface area contributed by atoms with Crippen molar-refractivity contribution in [2.24, 2.45) is 0 Å². The molecule has 0 saturated carbocycles. The number of likely N-dealkylation sites (N-methyl/N-ethyl adjacent to an activating group) is 1. The third kappa shape index (κ3) is 3.85. The molecule has 0 aliphatic heterocycles. The van der Waals surface area contributed by atoms with E-state index < -0.39 is 0 Å². The van der Waals surface area contributed by atoms with Gasteiger partial charge in [-0.15, -0.1) is 0 Å². The fourth-order valence-electron chi connectivity index (χ4n) is 2.13. The number of aryl methyl sites for hydroxylation is 2. The van der Waals surface area contributed by atoms with Crippen molar-refractivity contribution < 1.29 is 9.90 Å². The van der Waals surface area contributed by atoms with Crippen LogP contribution in [0.2, 0.25) is 0 Å². The number of aromatic nitrogens is 3. The van der Waals surface area contributed by atoms with Gasteiger partial charge in [0.15, 0.2) is 0 Å². The second-order valence-electron chi connectivity index (χ2n) is 5.23. The van der Waals surface area contributed by atoms with Gasteiger partial charge < -0.3 is 10.0 Å². The average molecular weight is 300 g/mol. The van der Waals surface area contributed by atoms with Crippen molar-refractivity contribution in [2.45, 2.75) is 20.3 Å². The van der Waals surface area contributed by atoms with E-state index in [4.69, 9.17) is 5.11 Å². The number of carbonyl (C=O) groups excluding carboxylic acids is 1. The van der Waals surface area contributed by atoms with Gasteiger partial charge in [-0.05, 0) is 31.0 Å². The lowest BCUT2D eigenvalue weighted by Gasteiger charge is -2.16. The van der Waals surface area contributed by atoms with E-state index in [-0.39, 0.29) is 6.61 Å². The van der Waals surface area contributed by atoms with Crippen LogP contribution in [-0.2, 0) is 6.42 Å². The summed E-state index contributed by atoms with van der Waals surface area (Å²) in [6.07, 6.45) is 1.39. The molecule has 0 fully saturated rings. The summed E-state index contributed by atoms with van der Waals surface area (Å²) in [5.74, 6) is 1.82. The van der Waals surface area contributed by atoms with E-state index >= 15 is 0 Å². The maximum atomic E-state index is 11.0. The van der Waals surface area contributed by atoms with Gasteiger partial charge in [-0.3, -0.25) is 4.79 Å². The van der Waals surface area contributed by atoms with Crippen LogP contribution in [0.25, 0.3) is 0 Å². The number of hydrogen-bond donors (Lipinski definition) is 1. The molecule has 0 aliphatic rings. The molecular formula is C16H20N4O2. The number of aliphatic hydroxyl groups excluding tert-OH is 1. The van der Waals surface area contributed by atoms with Crippen molar-refractivity contribution in [3.05, 3.63) is 46.5 Å². The van der Waals surface area contributed by atoms with E-state index in [1.165, 1.54) is 0 Å². The molecule has 0 amide bonds. The minimum atomic E-state index is 0.0389. The van der Waals surface area contributed by atoms with Gasteiger partial charge in [0.05, 0.1) is 6.61 Å². The molecule has 0 aliphatic carbocycles. The number of carbonyl (C=O) groups is 1. The van der Waals surface area contributed by atoms with Crippen molar-refractivity contribution in [3.63, 3.8) is 0 Å². The number of rotatable bonds is 6. The summed E-state index contributed by atoms with van der Waals surface area (Å²) in [6, 6.07) is 5.75. The van der Waals surface area contributed by atoms with Crippen molar-refractivity contribution in [3.8, 4) is 0 Å². The quantitative estimate of drug-likeness (QED) is 0.811. The summed E-state index contributed by atoms with van der Waals surface area (Å²) in [5.41, 5.74) is 2.61. The normalized spacial score (nSPS) is 10.5. The summed E-state index contributed by atoms with van der Waals surface area (Å²) in [5, 5.41) is 9.01. The number of hydrogen-bond acceptors (Lipinski definition) is 6. The van der Waals surface area contributed by atoms with Crippen LogP contribution in [0.4, 0.5) is 5.95 Å². The van der Waals surface area contributed by atoms with Crippen LogP contribution in [0.5, 0.6) is 0 Å². The van der Waals surface area contributed by atoms with Gasteiger partial charge in [-0.1, -0.05) is 12.1 Å². The number of aliphatic hydroxyl groups is 1. The average Bonchev–Trinajstić information content (AvgIpc) is 2.49. The topological polar surface area (TPSA) is 79.2 Å². The Bertz CT molecular complexity index is 673. The van der Waals surface area contributed by atoms with Crippen LogP contribution >= 0.6 is 0 Å². The zero-order chi connectivity index (χ0) is 16.1. The summed E-state index contributed by atoms with van der Waals surface area (Å²) in [6.45, 7) is 4.22. The Kier molecular flexibility index (Phi) is 5.16. The van der Waals surface area contributed by atoms with Crippen LogP contribution in [0.3, 0.4) is 0 Å². The van der Waals surface area contributed by atoms with Gasteiger partial charge >= 0.3 is 0 Å². The van der Waals surface area contributed by atoms with E-state index in [2.05, 4.69) is 15.0 Å². The van der Waals surface area contributed by atoms with E-state index in [1.807, 2.05) is 39.1 Å². The van der Waals surface area contributed by atoms with Gasteiger partial charge in [-0.25, -0.2) is 4.98 Å². The highest BCUT2D eigenvalue weighted by Gasteiger charge is 2.09. The molecule has 1 heterocycles. The Morgan fingerprint density at radius 2 is 2.00 bits per heavy atom. The van der Waals surface area contributed by atoms with Crippen molar-refractivity contribution in [2.75, 3.05) is 25.1 Å². The summed E-state index contributed by atoms with van der Waals surface area (Å²) < 4.78 is 0. The Morgan fingerprint density at radius 1 is 1.23 bits per heavy atom. The zero-order valence-electron chi connectivity index (χ0n) is 13.1. The third-order valence-corrected chi connectivity index (χ3v) is 3.39. The van der Waals surface area contributed by atoms with Gasteiger partial charge in [-0.2, -0.15) is 9.97 Å². The third-order valence-electron chi connectivity index (χ3n) is 3.39. The number of nitrogens with zero attached hydrogens (tertiary/aromatic N) is 4. The SMILES string of the molecule is Cc1nc(Cc2ccc(C)c(C=O)c2)nc(N(C)CCO)n1. The second-order valence-corrected chi connectivity index (χ2v) is 5.23. The fourth-order valence-corrected chi connectivity index (χ4v) is 2.13. The van der Waals surface area contributed by atoms with Crippen LogP contribution in [-0.4, -0.2) is 46.5 Å². The summed E-state index contributed by atoms with van der Waals surface area (Å²) >= 11 is 0. The first-order valence-electron chi connectivity index (χ1n) is 7.11. The van der Waals surface area contributed by atoms with Gasteiger partial charge in [0.2, 0.25) is 5.95 Å². The Balaban J connectivity index is 2.27. The zero-order valence-corrected chi connectivity index (χ0v) is 13.1. The Hall–Kier alpha value is -2.34. The Labute approximate surface area is 129 Å². The van der Waals surface area contributed by atoms with Gasteiger partial charge in [0.25, 0.3) is 0 Å². The molecule has 2 aromatic rings. The summed E-state index contributed by atoms with van der Waals surface area (Å²) in [4.78, 5) is 25.9. The number of anilines is 1. The van der Waals surface area contributed by atoms with E-state index in [0.29, 0.717) is 36.1 Å². The van der Waals surface area contributed by atoms with Crippen molar-refractivity contribution in [1.82, 2.24) is 15.0 Å². The standard InChI is InChI=1S/C16H20N4O2/c1-11-4-5-13(8-14(11)10-22)9-15-17-12(2)18-16(19-15)20(3)6-7-21/h4-5,8,10,21H,6-7,9H2,1-3H3. The number of aldehydes is 1. The van der Waals surface area contributed by atoms with Crippen molar-refractivity contribution >= 4 is 12.2 Å². The van der Waals surface area contributed by atoms with E-state index in [9.17, 15) is 4.79 Å². The molecule has 0 radical (unpaired) electrons. The first-order valence-corrected chi connectivity index (χ1v) is 7.11. The molecule has 116 valence electrons. The lowest BCUT2D eigenvalue weighted by atomic mass is 10.0. The van der Waals surface area contributed by atoms with E-state index in [0.717, 1.165) is 17.4 Å². The molecule has 1 aromatic heterocycles. The molecule has 6 heteroatoms. The minimum Gasteiger partial charge on any atom is -0.395 e. The predicted octanol–water partition coefficient (Wildman–Crippen LogP) is 1.32. The van der Waals surface area contributed by atoms with Gasteiger partial charge in [0, 0.05) is 25.6 Å². The molecule has 0 saturated heterocycles. The smallest absolute Gasteiger partial charge is 0.228 e.